The van der Waals surface area contributed by atoms with Crippen LogP contribution in [0, 0.1) is 0 Å². The Bertz CT molecular complexity index is 863. The van der Waals surface area contributed by atoms with Gasteiger partial charge in [-0.05, 0) is 56.2 Å². The molecule has 0 spiro atoms. The second kappa shape index (κ2) is 10.4. The van der Waals surface area contributed by atoms with Crippen molar-refractivity contribution in [1.82, 2.24) is 10.9 Å². The lowest BCUT2D eigenvalue weighted by atomic mass is 10.2. The number of amides is 2. The molecule has 0 bridgehead atoms. The topological polar surface area (TPSA) is 103 Å². The third kappa shape index (κ3) is 6.05. The van der Waals surface area contributed by atoms with Crippen molar-refractivity contribution in [1.29, 1.82) is 0 Å². The van der Waals surface area contributed by atoms with Gasteiger partial charge in [0.2, 0.25) is 0 Å². The average Bonchev–Trinajstić information content (AvgIpc) is 3.30. The molecule has 8 heteroatoms. The molecule has 1 aliphatic rings. The lowest BCUT2D eigenvalue weighted by Gasteiger charge is -2.14. The highest BCUT2D eigenvalue weighted by Crippen LogP contribution is 2.17. The van der Waals surface area contributed by atoms with Crippen LogP contribution in [0.15, 0.2) is 54.6 Å². The largest absolute Gasteiger partial charge is 0.491 e. The summed E-state index contributed by atoms with van der Waals surface area (Å²) in [6.45, 7) is 2.65. The molecule has 8 nitrogen and oxygen atoms in total. The summed E-state index contributed by atoms with van der Waals surface area (Å²) in [6, 6.07) is 14.9. The van der Waals surface area contributed by atoms with E-state index >= 15 is 0 Å². The highest BCUT2D eigenvalue weighted by molar-refractivity contribution is 5.96. The van der Waals surface area contributed by atoms with Gasteiger partial charge in [0.15, 0.2) is 6.10 Å². The van der Waals surface area contributed by atoms with Gasteiger partial charge >= 0.3 is 5.97 Å². The van der Waals surface area contributed by atoms with Crippen molar-refractivity contribution < 1.29 is 28.6 Å². The van der Waals surface area contributed by atoms with Crippen molar-refractivity contribution in [3.05, 3.63) is 65.7 Å². The van der Waals surface area contributed by atoms with Crippen LogP contribution in [0.1, 0.15) is 40.5 Å². The fourth-order valence-electron chi connectivity index (χ4n) is 2.82. The standard InChI is InChI=1S/C22H24N2O6/c1-15(20(25)23-24-21(26)16-6-3-2-4-7-16)30-22(27)17-9-11-18(12-10-17)29-14-19-8-5-13-28-19/h2-4,6-7,9-12,15,19H,5,8,13-14H2,1H3,(H,23,25)(H,24,26)/t15-,19-/m1/s1. The van der Waals surface area contributed by atoms with Gasteiger partial charge < -0.3 is 14.2 Å². The summed E-state index contributed by atoms with van der Waals surface area (Å²) in [6.07, 6.45) is 1.04. The summed E-state index contributed by atoms with van der Waals surface area (Å²) in [5.74, 6) is -1.15. The molecular weight excluding hydrogens is 388 g/mol. The Kier molecular flexibility index (Phi) is 7.40. The zero-order valence-electron chi connectivity index (χ0n) is 16.6. The summed E-state index contributed by atoms with van der Waals surface area (Å²) >= 11 is 0. The van der Waals surface area contributed by atoms with Crippen molar-refractivity contribution in [2.45, 2.75) is 32.0 Å². The first-order valence-electron chi connectivity index (χ1n) is 9.73. The molecule has 0 aromatic heterocycles. The smallest absolute Gasteiger partial charge is 0.338 e. The molecule has 2 amide bonds. The van der Waals surface area contributed by atoms with Gasteiger partial charge in [0.1, 0.15) is 12.4 Å². The Labute approximate surface area is 174 Å². The number of nitrogens with one attached hydrogen (secondary N) is 2. The second-order valence-corrected chi connectivity index (χ2v) is 6.83. The molecule has 2 aromatic carbocycles. The molecule has 2 N–H and O–H groups in total. The van der Waals surface area contributed by atoms with E-state index in [1.165, 1.54) is 6.92 Å². The molecule has 30 heavy (non-hydrogen) atoms. The summed E-state index contributed by atoms with van der Waals surface area (Å²) in [7, 11) is 0. The van der Waals surface area contributed by atoms with E-state index in [-0.39, 0.29) is 11.7 Å². The average molecular weight is 412 g/mol. The van der Waals surface area contributed by atoms with Crippen LogP contribution in [0.5, 0.6) is 5.75 Å². The third-order valence-electron chi connectivity index (χ3n) is 4.54. The molecule has 158 valence electrons. The fraction of sp³-hybridized carbons (Fsp3) is 0.318. The maximum absolute atomic E-state index is 12.2. The lowest BCUT2D eigenvalue weighted by Crippen LogP contribution is -2.46. The maximum atomic E-state index is 12.2. The predicted molar refractivity (Wildman–Crippen MR) is 108 cm³/mol. The number of rotatable bonds is 7. The molecule has 1 fully saturated rings. The first-order chi connectivity index (χ1) is 14.5. The van der Waals surface area contributed by atoms with Gasteiger partial charge in [-0.1, -0.05) is 18.2 Å². The first kappa shape index (κ1) is 21.3. The predicted octanol–water partition coefficient (Wildman–Crippen LogP) is 2.25. The van der Waals surface area contributed by atoms with Crippen molar-refractivity contribution in [3.63, 3.8) is 0 Å². The third-order valence-corrected chi connectivity index (χ3v) is 4.54. The monoisotopic (exact) mass is 412 g/mol. The van der Waals surface area contributed by atoms with Gasteiger partial charge in [-0.15, -0.1) is 0 Å². The molecular formula is C22H24N2O6. The number of hydrazine groups is 1. The van der Waals surface area contributed by atoms with Gasteiger partial charge in [-0.3, -0.25) is 20.4 Å². The summed E-state index contributed by atoms with van der Waals surface area (Å²) in [4.78, 5) is 36.3. The molecule has 1 saturated heterocycles. The van der Waals surface area contributed by atoms with Crippen LogP contribution < -0.4 is 15.6 Å². The van der Waals surface area contributed by atoms with Gasteiger partial charge in [0.25, 0.3) is 11.8 Å². The van der Waals surface area contributed by atoms with Crippen LogP contribution in [-0.4, -0.2) is 43.2 Å². The SMILES string of the molecule is C[C@@H](OC(=O)c1ccc(OC[C@H]2CCCO2)cc1)C(=O)NNC(=O)c1ccccc1. The molecule has 2 atom stereocenters. The van der Waals surface area contributed by atoms with Crippen LogP contribution in [-0.2, 0) is 14.3 Å². The minimum atomic E-state index is -1.09. The number of benzene rings is 2. The number of hydrogen-bond donors (Lipinski definition) is 2. The van der Waals surface area contributed by atoms with E-state index in [1.807, 2.05) is 0 Å². The van der Waals surface area contributed by atoms with E-state index in [2.05, 4.69) is 10.9 Å². The van der Waals surface area contributed by atoms with Crippen LogP contribution >= 0.6 is 0 Å². The van der Waals surface area contributed by atoms with Crippen LogP contribution in [0.4, 0.5) is 0 Å². The van der Waals surface area contributed by atoms with Gasteiger partial charge in [0.05, 0.1) is 11.7 Å². The minimum Gasteiger partial charge on any atom is -0.491 e. The molecule has 1 aliphatic heterocycles. The lowest BCUT2D eigenvalue weighted by molar-refractivity contribution is -0.129. The van der Waals surface area contributed by atoms with Crippen LogP contribution in [0.25, 0.3) is 0 Å². The molecule has 0 aliphatic carbocycles. The van der Waals surface area contributed by atoms with Crippen molar-refractivity contribution in [2.24, 2.45) is 0 Å². The normalized spacial score (nSPS) is 16.4. The number of carbonyl (C=O) groups is 3. The highest BCUT2D eigenvalue weighted by Gasteiger charge is 2.20. The van der Waals surface area contributed by atoms with E-state index in [9.17, 15) is 14.4 Å². The van der Waals surface area contributed by atoms with Gasteiger partial charge in [0, 0.05) is 12.2 Å². The number of esters is 1. The Hall–Kier alpha value is -3.39. The van der Waals surface area contributed by atoms with Gasteiger partial charge in [-0.2, -0.15) is 0 Å². The summed E-state index contributed by atoms with van der Waals surface area (Å²) in [5, 5.41) is 0. The van der Waals surface area contributed by atoms with E-state index in [4.69, 9.17) is 14.2 Å². The highest BCUT2D eigenvalue weighted by atomic mass is 16.5. The minimum absolute atomic E-state index is 0.108. The zero-order chi connectivity index (χ0) is 21.3. The van der Waals surface area contributed by atoms with Crippen LogP contribution in [0.3, 0.4) is 0 Å². The fourth-order valence-corrected chi connectivity index (χ4v) is 2.82. The quantitative estimate of drug-likeness (QED) is 0.534. The molecule has 0 unspecified atom stereocenters. The van der Waals surface area contributed by atoms with Crippen molar-refractivity contribution in [2.75, 3.05) is 13.2 Å². The Morgan fingerprint density at radius 3 is 2.43 bits per heavy atom. The number of carbonyl (C=O) groups excluding carboxylic acids is 3. The van der Waals surface area contributed by atoms with E-state index in [0.29, 0.717) is 17.9 Å². The first-order valence-corrected chi connectivity index (χ1v) is 9.73. The zero-order valence-corrected chi connectivity index (χ0v) is 16.6. The van der Waals surface area contributed by atoms with E-state index < -0.39 is 23.9 Å². The molecule has 1 heterocycles. The number of ether oxygens (including phenoxy) is 3. The molecule has 0 radical (unpaired) electrons. The molecule has 3 rings (SSSR count). The summed E-state index contributed by atoms with van der Waals surface area (Å²) in [5.41, 5.74) is 5.20. The summed E-state index contributed by atoms with van der Waals surface area (Å²) < 4.78 is 16.3. The Morgan fingerprint density at radius 1 is 1.03 bits per heavy atom. The van der Waals surface area contributed by atoms with Gasteiger partial charge in [-0.25, -0.2) is 4.79 Å². The Balaban J connectivity index is 1.43. The second-order valence-electron chi connectivity index (χ2n) is 6.83. The molecule has 0 saturated carbocycles. The van der Waals surface area contributed by atoms with E-state index in [1.54, 1.807) is 54.6 Å². The van der Waals surface area contributed by atoms with E-state index in [0.717, 1.165) is 19.4 Å². The maximum Gasteiger partial charge on any atom is 0.338 e. The van der Waals surface area contributed by atoms with Crippen molar-refractivity contribution in [3.8, 4) is 5.75 Å². The van der Waals surface area contributed by atoms with Crippen LogP contribution in [0.2, 0.25) is 0 Å². The van der Waals surface area contributed by atoms with Crippen molar-refractivity contribution >= 4 is 17.8 Å². The molecule has 2 aromatic rings. The Morgan fingerprint density at radius 2 is 1.77 bits per heavy atom. The number of hydrogen-bond acceptors (Lipinski definition) is 6.